The van der Waals surface area contributed by atoms with Gasteiger partial charge >= 0.3 is 0 Å². The van der Waals surface area contributed by atoms with Gasteiger partial charge in [-0.2, -0.15) is 5.10 Å². The summed E-state index contributed by atoms with van der Waals surface area (Å²) in [6.07, 6.45) is 0.959. The van der Waals surface area contributed by atoms with E-state index >= 15 is 0 Å². The van der Waals surface area contributed by atoms with Gasteiger partial charge in [-0.1, -0.05) is 17.7 Å². The van der Waals surface area contributed by atoms with Gasteiger partial charge in [0.1, 0.15) is 5.82 Å². The van der Waals surface area contributed by atoms with Crippen LogP contribution < -0.4 is 9.47 Å². The SMILES string of the molecule is COc1cc2c(cc1OC)CN(Cn1nc(C)n(-c3ccc(C)cc3)c1=S)CC2. The first-order chi connectivity index (χ1) is 14.0. The monoisotopic (exact) mass is 410 g/mol. The summed E-state index contributed by atoms with van der Waals surface area (Å²) in [4.78, 5) is 2.36. The van der Waals surface area contributed by atoms with E-state index in [9.17, 15) is 0 Å². The molecule has 7 heteroatoms. The number of hydrogen-bond donors (Lipinski definition) is 0. The molecule has 3 aromatic rings. The van der Waals surface area contributed by atoms with Gasteiger partial charge in [0.2, 0.25) is 4.77 Å². The van der Waals surface area contributed by atoms with E-state index in [1.807, 2.05) is 16.2 Å². The van der Waals surface area contributed by atoms with Crippen molar-refractivity contribution in [3.63, 3.8) is 0 Å². The number of rotatable bonds is 5. The molecule has 0 amide bonds. The number of nitrogens with zero attached hydrogens (tertiary/aromatic N) is 4. The minimum Gasteiger partial charge on any atom is -0.493 e. The van der Waals surface area contributed by atoms with Gasteiger partial charge in [-0.05, 0) is 67.9 Å². The fraction of sp³-hybridized carbons (Fsp3) is 0.364. The zero-order chi connectivity index (χ0) is 20.5. The van der Waals surface area contributed by atoms with Crippen molar-refractivity contribution >= 4 is 12.2 Å². The van der Waals surface area contributed by atoms with E-state index in [-0.39, 0.29) is 0 Å². The van der Waals surface area contributed by atoms with Gasteiger partial charge in [-0.3, -0.25) is 9.47 Å². The molecule has 152 valence electrons. The van der Waals surface area contributed by atoms with E-state index in [2.05, 4.69) is 48.2 Å². The molecule has 0 radical (unpaired) electrons. The van der Waals surface area contributed by atoms with Gasteiger partial charge in [0, 0.05) is 18.8 Å². The van der Waals surface area contributed by atoms with Gasteiger partial charge in [0.05, 0.1) is 20.9 Å². The average molecular weight is 411 g/mol. The van der Waals surface area contributed by atoms with Crippen LogP contribution in [0, 0.1) is 18.6 Å². The highest BCUT2D eigenvalue weighted by Crippen LogP contribution is 2.33. The number of hydrogen-bond acceptors (Lipinski definition) is 5. The molecule has 0 fully saturated rings. The molecule has 4 rings (SSSR count). The first kappa shape index (κ1) is 19.7. The lowest BCUT2D eigenvalue weighted by Gasteiger charge is -2.29. The predicted octanol–water partition coefficient (Wildman–Crippen LogP) is 4.05. The van der Waals surface area contributed by atoms with Crippen molar-refractivity contribution < 1.29 is 9.47 Å². The third-order valence-corrected chi connectivity index (χ3v) is 5.82. The number of aromatic nitrogens is 3. The molecule has 0 unspecified atom stereocenters. The van der Waals surface area contributed by atoms with Crippen LogP contribution in [0.3, 0.4) is 0 Å². The number of ether oxygens (including phenoxy) is 2. The van der Waals surface area contributed by atoms with Crippen molar-refractivity contribution in [1.29, 1.82) is 0 Å². The molecule has 2 heterocycles. The van der Waals surface area contributed by atoms with Crippen molar-refractivity contribution in [3.05, 3.63) is 63.7 Å². The topological polar surface area (TPSA) is 44.5 Å². The molecule has 1 aliphatic rings. The Morgan fingerprint density at radius 2 is 1.66 bits per heavy atom. The smallest absolute Gasteiger partial charge is 0.203 e. The fourth-order valence-corrected chi connectivity index (χ4v) is 4.19. The summed E-state index contributed by atoms with van der Waals surface area (Å²) in [6, 6.07) is 12.5. The van der Waals surface area contributed by atoms with Crippen molar-refractivity contribution in [2.75, 3.05) is 20.8 Å². The molecule has 0 saturated heterocycles. The normalized spacial score (nSPS) is 13.9. The average Bonchev–Trinajstić information content (AvgIpc) is 3.00. The van der Waals surface area contributed by atoms with Crippen LogP contribution in [-0.2, 0) is 19.6 Å². The Labute approximate surface area is 176 Å². The first-order valence-electron chi connectivity index (χ1n) is 9.69. The van der Waals surface area contributed by atoms with Crippen molar-refractivity contribution in [1.82, 2.24) is 19.2 Å². The summed E-state index contributed by atoms with van der Waals surface area (Å²) in [5, 5.41) is 4.71. The molecule has 0 saturated carbocycles. The molecule has 0 atom stereocenters. The summed E-state index contributed by atoms with van der Waals surface area (Å²) in [5.74, 6) is 2.45. The van der Waals surface area contributed by atoms with E-state index in [1.54, 1.807) is 14.2 Å². The maximum absolute atomic E-state index is 5.75. The Hall–Kier alpha value is -2.64. The largest absolute Gasteiger partial charge is 0.493 e. The highest BCUT2D eigenvalue weighted by molar-refractivity contribution is 7.71. The van der Waals surface area contributed by atoms with Crippen LogP contribution in [0.4, 0.5) is 0 Å². The van der Waals surface area contributed by atoms with Crippen molar-refractivity contribution in [2.24, 2.45) is 0 Å². The van der Waals surface area contributed by atoms with E-state index < -0.39 is 0 Å². The summed E-state index contributed by atoms with van der Waals surface area (Å²) in [6.45, 7) is 6.51. The van der Waals surface area contributed by atoms with E-state index in [1.165, 1.54) is 16.7 Å². The van der Waals surface area contributed by atoms with Gasteiger partial charge in [0.25, 0.3) is 0 Å². The van der Waals surface area contributed by atoms with Crippen LogP contribution in [-0.4, -0.2) is 40.0 Å². The molecule has 0 bridgehead atoms. The molecule has 0 aliphatic carbocycles. The number of fused-ring (bicyclic) bond motifs is 1. The molecule has 1 aromatic heterocycles. The lowest BCUT2D eigenvalue weighted by molar-refractivity contribution is 0.187. The molecule has 0 spiro atoms. The standard InChI is InChI=1S/C22H26N4O2S/c1-15-5-7-19(8-6-15)26-16(2)23-25(22(26)29)14-24-10-9-17-11-20(27-3)21(28-4)12-18(17)13-24/h5-8,11-12H,9-10,13-14H2,1-4H3. The lowest BCUT2D eigenvalue weighted by Crippen LogP contribution is -2.32. The second-order valence-corrected chi connectivity index (χ2v) is 7.79. The minimum atomic E-state index is 0.659. The van der Waals surface area contributed by atoms with Crippen LogP contribution in [0.25, 0.3) is 5.69 Å². The third kappa shape index (κ3) is 3.80. The Kier molecular flexibility index (Phi) is 5.43. The van der Waals surface area contributed by atoms with Gasteiger partial charge in [-0.15, -0.1) is 0 Å². The van der Waals surface area contributed by atoms with Crippen LogP contribution in [0.15, 0.2) is 36.4 Å². The highest BCUT2D eigenvalue weighted by Gasteiger charge is 2.21. The molecule has 6 nitrogen and oxygen atoms in total. The van der Waals surface area contributed by atoms with Crippen LogP contribution in [0.2, 0.25) is 0 Å². The van der Waals surface area contributed by atoms with Crippen LogP contribution >= 0.6 is 12.2 Å². The van der Waals surface area contributed by atoms with E-state index in [0.29, 0.717) is 11.4 Å². The number of methoxy groups -OCH3 is 2. The minimum absolute atomic E-state index is 0.659. The van der Waals surface area contributed by atoms with Crippen LogP contribution in [0.1, 0.15) is 22.5 Å². The van der Waals surface area contributed by atoms with E-state index in [4.69, 9.17) is 26.8 Å². The van der Waals surface area contributed by atoms with Crippen LogP contribution in [0.5, 0.6) is 11.5 Å². The lowest BCUT2D eigenvalue weighted by atomic mass is 9.99. The molecule has 0 N–H and O–H groups in total. The Balaban J connectivity index is 1.58. The highest BCUT2D eigenvalue weighted by atomic mass is 32.1. The van der Waals surface area contributed by atoms with Crippen molar-refractivity contribution in [2.45, 2.75) is 33.5 Å². The summed E-state index contributed by atoms with van der Waals surface area (Å²) in [5.41, 5.74) is 4.84. The second-order valence-electron chi connectivity index (χ2n) is 7.42. The predicted molar refractivity (Wildman–Crippen MR) is 116 cm³/mol. The quantitative estimate of drug-likeness (QED) is 0.594. The summed E-state index contributed by atoms with van der Waals surface area (Å²) in [7, 11) is 3.35. The van der Waals surface area contributed by atoms with Gasteiger partial charge in [0.15, 0.2) is 11.5 Å². The van der Waals surface area contributed by atoms with E-state index in [0.717, 1.165) is 42.5 Å². The Morgan fingerprint density at radius 3 is 2.31 bits per heavy atom. The third-order valence-electron chi connectivity index (χ3n) is 5.42. The van der Waals surface area contributed by atoms with Crippen molar-refractivity contribution in [3.8, 4) is 17.2 Å². The maximum Gasteiger partial charge on any atom is 0.203 e. The molecular weight excluding hydrogens is 384 g/mol. The van der Waals surface area contributed by atoms with Gasteiger partial charge in [-0.25, -0.2) is 4.68 Å². The molecule has 1 aliphatic heterocycles. The van der Waals surface area contributed by atoms with Gasteiger partial charge < -0.3 is 9.47 Å². The molecule has 2 aromatic carbocycles. The number of aryl methyl sites for hydroxylation is 2. The zero-order valence-corrected chi connectivity index (χ0v) is 18.1. The molecule has 29 heavy (non-hydrogen) atoms. The second kappa shape index (κ2) is 8.00. The number of benzene rings is 2. The maximum atomic E-state index is 5.75. The Morgan fingerprint density at radius 1 is 1.00 bits per heavy atom. The zero-order valence-electron chi connectivity index (χ0n) is 17.3. The fourth-order valence-electron chi connectivity index (χ4n) is 3.85. The summed E-state index contributed by atoms with van der Waals surface area (Å²) >= 11 is 5.75. The Bertz CT molecular complexity index is 1090. The molecular formula is C22H26N4O2S. The summed E-state index contributed by atoms with van der Waals surface area (Å²) < 4.78 is 15.6. The first-order valence-corrected chi connectivity index (χ1v) is 10.1.